The Morgan fingerprint density at radius 2 is 1.18 bits per heavy atom. The molecule has 0 N–H and O–H groups in total. The molecule has 100 valence electrons. The average Bonchev–Trinajstić information content (AvgIpc) is 2.40. The lowest BCUT2D eigenvalue weighted by Crippen LogP contribution is -2.49. The Morgan fingerprint density at radius 1 is 0.706 bits per heavy atom. The second-order valence-corrected chi connectivity index (χ2v) is 5.31. The predicted octanol–water partition coefficient (Wildman–Crippen LogP) is -0.134. The Morgan fingerprint density at radius 3 is 1.71 bits per heavy atom. The zero-order valence-electron chi connectivity index (χ0n) is 10.7. The first-order valence-electron chi connectivity index (χ1n) is 6.74. The van der Waals surface area contributed by atoms with Gasteiger partial charge in [-0.05, 0) is 0 Å². The first-order chi connectivity index (χ1) is 8.38. The first-order valence-corrected chi connectivity index (χ1v) is 7.37. The number of piperazine rings is 1. The molecule has 0 unspecified atom stereocenters. The average molecular weight is 259 g/mol. The van der Waals surface area contributed by atoms with Crippen molar-refractivity contribution in [1.82, 2.24) is 14.7 Å². The van der Waals surface area contributed by atoms with Crippen LogP contribution in [0.1, 0.15) is 0 Å². The van der Waals surface area contributed by atoms with Gasteiger partial charge in [0, 0.05) is 64.7 Å². The number of hydrogen-bond donors (Lipinski definition) is 1. The SMILES string of the molecule is SCCN1CCN(CCN2CCOCC2)CC1. The van der Waals surface area contributed by atoms with Crippen molar-refractivity contribution in [3.63, 3.8) is 0 Å². The summed E-state index contributed by atoms with van der Waals surface area (Å²) < 4.78 is 5.36. The van der Waals surface area contributed by atoms with Gasteiger partial charge in [-0.25, -0.2) is 0 Å². The molecule has 2 heterocycles. The van der Waals surface area contributed by atoms with Crippen LogP contribution in [0.25, 0.3) is 0 Å². The molecule has 0 aromatic rings. The minimum Gasteiger partial charge on any atom is -0.379 e. The van der Waals surface area contributed by atoms with Crippen molar-refractivity contribution in [3.05, 3.63) is 0 Å². The molecule has 0 aliphatic carbocycles. The van der Waals surface area contributed by atoms with Crippen molar-refractivity contribution in [1.29, 1.82) is 0 Å². The van der Waals surface area contributed by atoms with Gasteiger partial charge in [0.1, 0.15) is 0 Å². The Hall–Kier alpha value is 0.190. The Kier molecular flexibility index (Phi) is 6.08. The van der Waals surface area contributed by atoms with E-state index in [1.165, 1.54) is 39.3 Å². The molecular weight excluding hydrogens is 234 g/mol. The number of ether oxygens (including phenoxy) is 1. The third-order valence-corrected chi connectivity index (χ3v) is 3.92. The molecule has 0 atom stereocenters. The summed E-state index contributed by atoms with van der Waals surface area (Å²) >= 11 is 4.29. The normalized spacial score (nSPS) is 25.2. The molecule has 2 rings (SSSR count). The summed E-state index contributed by atoms with van der Waals surface area (Å²) in [6.07, 6.45) is 0. The monoisotopic (exact) mass is 259 g/mol. The summed E-state index contributed by atoms with van der Waals surface area (Å²) in [5.41, 5.74) is 0. The van der Waals surface area contributed by atoms with Gasteiger partial charge in [0.25, 0.3) is 0 Å². The molecule has 0 aromatic heterocycles. The summed E-state index contributed by atoms with van der Waals surface area (Å²) in [5, 5.41) is 0. The highest BCUT2D eigenvalue weighted by molar-refractivity contribution is 7.80. The van der Waals surface area contributed by atoms with E-state index in [1.807, 2.05) is 0 Å². The largest absolute Gasteiger partial charge is 0.379 e. The van der Waals surface area contributed by atoms with Gasteiger partial charge < -0.3 is 4.74 Å². The molecule has 5 heteroatoms. The standard InChI is InChI=1S/C12H25N3OS/c17-12-9-14-4-1-13(2-5-14)3-6-15-7-10-16-11-8-15/h17H,1-12H2. The second kappa shape index (κ2) is 7.59. The highest BCUT2D eigenvalue weighted by Crippen LogP contribution is 2.03. The van der Waals surface area contributed by atoms with Crippen molar-refractivity contribution in [3.8, 4) is 0 Å². The van der Waals surface area contributed by atoms with Crippen LogP contribution in [0.4, 0.5) is 0 Å². The van der Waals surface area contributed by atoms with Crippen LogP contribution in [0, 0.1) is 0 Å². The Balaban J connectivity index is 1.57. The van der Waals surface area contributed by atoms with Gasteiger partial charge in [-0.3, -0.25) is 14.7 Å². The second-order valence-electron chi connectivity index (χ2n) is 4.86. The van der Waals surface area contributed by atoms with Gasteiger partial charge in [-0.1, -0.05) is 0 Å². The lowest BCUT2D eigenvalue weighted by atomic mass is 10.3. The van der Waals surface area contributed by atoms with E-state index in [0.29, 0.717) is 0 Å². The highest BCUT2D eigenvalue weighted by atomic mass is 32.1. The predicted molar refractivity (Wildman–Crippen MR) is 74.0 cm³/mol. The number of rotatable bonds is 5. The number of morpholine rings is 1. The van der Waals surface area contributed by atoms with Crippen LogP contribution in [0.3, 0.4) is 0 Å². The molecular formula is C12H25N3OS. The van der Waals surface area contributed by atoms with E-state index in [-0.39, 0.29) is 0 Å². The Bertz CT molecular complexity index is 204. The van der Waals surface area contributed by atoms with Gasteiger partial charge >= 0.3 is 0 Å². The summed E-state index contributed by atoms with van der Waals surface area (Å²) in [6, 6.07) is 0. The fourth-order valence-electron chi connectivity index (χ4n) is 2.49. The minimum atomic E-state index is 0.912. The summed E-state index contributed by atoms with van der Waals surface area (Å²) in [7, 11) is 0. The van der Waals surface area contributed by atoms with Gasteiger partial charge in [-0.2, -0.15) is 12.6 Å². The van der Waals surface area contributed by atoms with Crippen LogP contribution in [-0.4, -0.2) is 92.6 Å². The molecule has 0 aromatic carbocycles. The zero-order chi connectivity index (χ0) is 11.9. The highest BCUT2D eigenvalue weighted by Gasteiger charge is 2.17. The molecule has 0 saturated carbocycles. The number of hydrogen-bond acceptors (Lipinski definition) is 5. The molecule has 17 heavy (non-hydrogen) atoms. The third-order valence-electron chi connectivity index (χ3n) is 3.72. The lowest BCUT2D eigenvalue weighted by Gasteiger charge is -2.36. The van der Waals surface area contributed by atoms with Crippen molar-refractivity contribution in [2.45, 2.75) is 0 Å². The van der Waals surface area contributed by atoms with Crippen molar-refractivity contribution >= 4 is 12.6 Å². The summed E-state index contributed by atoms with van der Waals surface area (Å²) in [5.74, 6) is 0.980. The van der Waals surface area contributed by atoms with Crippen molar-refractivity contribution in [2.75, 3.05) is 77.9 Å². The van der Waals surface area contributed by atoms with E-state index in [9.17, 15) is 0 Å². The van der Waals surface area contributed by atoms with Crippen LogP contribution in [0.5, 0.6) is 0 Å². The topological polar surface area (TPSA) is 19.0 Å². The molecule has 0 spiro atoms. The van der Waals surface area contributed by atoms with Crippen LogP contribution in [0.15, 0.2) is 0 Å². The molecule has 0 amide bonds. The van der Waals surface area contributed by atoms with Crippen LogP contribution < -0.4 is 0 Å². The van der Waals surface area contributed by atoms with E-state index in [0.717, 1.165) is 38.6 Å². The molecule has 0 bridgehead atoms. The first kappa shape index (κ1) is 13.6. The van der Waals surface area contributed by atoms with Gasteiger partial charge in [0.05, 0.1) is 13.2 Å². The molecule has 2 saturated heterocycles. The molecule has 2 aliphatic heterocycles. The van der Waals surface area contributed by atoms with Crippen molar-refractivity contribution in [2.24, 2.45) is 0 Å². The Labute approximate surface area is 110 Å². The van der Waals surface area contributed by atoms with E-state index in [4.69, 9.17) is 4.74 Å². The maximum atomic E-state index is 5.36. The van der Waals surface area contributed by atoms with E-state index in [2.05, 4.69) is 27.3 Å². The minimum absolute atomic E-state index is 0.912. The van der Waals surface area contributed by atoms with E-state index < -0.39 is 0 Å². The van der Waals surface area contributed by atoms with Gasteiger partial charge in [0.15, 0.2) is 0 Å². The van der Waals surface area contributed by atoms with E-state index >= 15 is 0 Å². The maximum Gasteiger partial charge on any atom is 0.0594 e. The molecule has 4 nitrogen and oxygen atoms in total. The number of thiol groups is 1. The van der Waals surface area contributed by atoms with Crippen molar-refractivity contribution < 1.29 is 4.74 Å². The lowest BCUT2D eigenvalue weighted by molar-refractivity contribution is 0.0301. The van der Waals surface area contributed by atoms with E-state index in [1.54, 1.807) is 0 Å². The smallest absolute Gasteiger partial charge is 0.0594 e. The number of nitrogens with zero attached hydrogens (tertiary/aromatic N) is 3. The fraction of sp³-hybridized carbons (Fsp3) is 1.00. The summed E-state index contributed by atoms with van der Waals surface area (Å²) in [6.45, 7) is 12.5. The zero-order valence-corrected chi connectivity index (χ0v) is 11.6. The fourth-order valence-corrected chi connectivity index (χ4v) is 2.77. The third kappa shape index (κ3) is 4.75. The van der Waals surface area contributed by atoms with Crippen LogP contribution in [-0.2, 0) is 4.74 Å². The van der Waals surface area contributed by atoms with Gasteiger partial charge in [0.2, 0.25) is 0 Å². The van der Waals surface area contributed by atoms with Gasteiger partial charge in [-0.15, -0.1) is 0 Å². The molecule has 0 radical (unpaired) electrons. The van der Waals surface area contributed by atoms with Crippen LogP contribution >= 0.6 is 12.6 Å². The quantitative estimate of drug-likeness (QED) is 0.693. The maximum absolute atomic E-state index is 5.36. The molecule has 2 aliphatic rings. The summed E-state index contributed by atoms with van der Waals surface area (Å²) in [4.78, 5) is 7.62. The van der Waals surface area contributed by atoms with Crippen LogP contribution in [0.2, 0.25) is 0 Å². The molecule has 2 fully saturated rings.